The van der Waals surface area contributed by atoms with E-state index in [1.54, 1.807) is 38.6 Å². The Balaban J connectivity index is 1.42. The summed E-state index contributed by atoms with van der Waals surface area (Å²) in [4.78, 5) is 16.2. The van der Waals surface area contributed by atoms with E-state index in [0.717, 1.165) is 11.3 Å². The molecular formula is C27H26N6O4. The molecule has 1 saturated heterocycles. The maximum atomic E-state index is 9.56. The molecular weight excluding hydrogens is 472 g/mol. The molecule has 2 aromatic heterocycles. The first-order valence-electron chi connectivity index (χ1n) is 11.8. The Kier molecular flexibility index (Phi) is 7.14. The van der Waals surface area contributed by atoms with Crippen LogP contribution in [0.4, 0.5) is 17.3 Å². The van der Waals surface area contributed by atoms with Crippen LogP contribution < -0.4 is 24.4 Å². The van der Waals surface area contributed by atoms with Crippen LogP contribution in [-0.4, -0.2) is 55.5 Å². The van der Waals surface area contributed by atoms with Gasteiger partial charge < -0.3 is 29.2 Å². The van der Waals surface area contributed by atoms with E-state index in [9.17, 15) is 5.26 Å². The number of pyridine rings is 1. The van der Waals surface area contributed by atoms with Crippen molar-refractivity contribution >= 4 is 28.4 Å². The molecule has 0 saturated carbocycles. The lowest BCUT2D eigenvalue weighted by atomic mass is 10.2. The lowest BCUT2D eigenvalue weighted by Crippen LogP contribution is -2.37. The summed E-state index contributed by atoms with van der Waals surface area (Å²) in [5.41, 5.74) is 3.30. The van der Waals surface area contributed by atoms with Gasteiger partial charge in [-0.3, -0.25) is 0 Å². The van der Waals surface area contributed by atoms with Crippen molar-refractivity contribution in [1.29, 1.82) is 5.26 Å². The molecule has 0 unspecified atom stereocenters. The van der Waals surface area contributed by atoms with Crippen molar-refractivity contribution in [3.63, 3.8) is 0 Å². The summed E-state index contributed by atoms with van der Waals surface area (Å²) in [6.07, 6.45) is 1.66. The molecule has 0 amide bonds. The first-order chi connectivity index (χ1) is 18.2. The molecule has 0 spiro atoms. The zero-order valence-corrected chi connectivity index (χ0v) is 20.6. The van der Waals surface area contributed by atoms with Crippen molar-refractivity contribution in [2.75, 3.05) is 50.7 Å². The predicted octanol–water partition coefficient (Wildman–Crippen LogP) is 4.07. The van der Waals surface area contributed by atoms with Gasteiger partial charge in [-0.2, -0.15) is 5.26 Å². The highest BCUT2D eigenvalue weighted by Crippen LogP contribution is 2.33. The summed E-state index contributed by atoms with van der Waals surface area (Å²) in [6, 6.07) is 17.0. The van der Waals surface area contributed by atoms with Crippen molar-refractivity contribution in [3.8, 4) is 23.4 Å². The van der Waals surface area contributed by atoms with Crippen molar-refractivity contribution in [1.82, 2.24) is 15.0 Å². The van der Waals surface area contributed by atoms with Gasteiger partial charge in [0.1, 0.15) is 23.9 Å². The van der Waals surface area contributed by atoms with E-state index in [-0.39, 0.29) is 0 Å². The first-order valence-corrected chi connectivity index (χ1v) is 11.8. The van der Waals surface area contributed by atoms with Crippen LogP contribution in [-0.2, 0) is 11.3 Å². The molecule has 188 valence electrons. The number of anilines is 3. The molecule has 1 aliphatic heterocycles. The number of rotatable bonds is 8. The Morgan fingerprint density at radius 3 is 2.59 bits per heavy atom. The van der Waals surface area contributed by atoms with Gasteiger partial charge in [-0.15, -0.1) is 0 Å². The van der Waals surface area contributed by atoms with Crippen LogP contribution in [0.3, 0.4) is 0 Å². The zero-order chi connectivity index (χ0) is 25.6. The summed E-state index contributed by atoms with van der Waals surface area (Å²) in [7, 11) is 3.20. The number of hydrogen-bond donors (Lipinski definition) is 1. The fourth-order valence-corrected chi connectivity index (χ4v) is 4.00. The van der Waals surface area contributed by atoms with Crippen LogP contribution in [0.15, 0.2) is 54.7 Å². The third kappa shape index (κ3) is 5.32. The Labute approximate surface area is 214 Å². The second-order valence-electron chi connectivity index (χ2n) is 8.27. The quantitative estimate of drug-likeness (QED) is 0.381. The van der Waals surface area contributed by atoms with Gasteiger partial charge in [-0.25, -0.2) is 15.0 Å². The number of nitrogens with one attached hydrogen (secondary N) is 1. The van der Waals surface area contributed by atoms with E-state index >= 15 is 0 Å². The molecule has 0 radical (unpaired) electrons. The lowest BCUT2D eigenvalue weighted by Gasteiger charge is -2.29. The Hall–Kier alpha value is -4.62. The van der Waals surface area contributed by atoms with E-state index in [2.05, 4.69) is 21.3 Å². The van der Waals surface area contributed by atoms with E-state index in [1.807, 2.05) is 30.3 Å². The number of ether oxygens (including phenoxy) is 4. The van der Waals surface area contributed by atoms with E-state index in [1.165, 1.54) is 0 Å². The highest BCUT2D eigenvalue weighted by molar-refractivity contribution is 5.86. The van der Waals surface area contributed by atoms with Gasteiger partial charge in [0.05, 0.1) is 50.4 Å². The summed E-state index contributed by atoms with van der Waals surface area (Å²) in [6.45, 7) is 2.86. The van der Waals surface area contributed by atoms with Crippen molar-refractivity contribution in [2.45, 2.75) is 6.61 Å². The molecule has 10 nitrogen and oxygen atoms in total. The number of nitrogens with zero attached hydrogens (tertiary/aromatic N) is 5. The number of benzene rings is 2. The van der Waals surface area contributed by atoms with E-state index in [4.69, 9.17) is 28.9 Å². The van der Waals surface area contributed by atoms with Gasteiger partial charge in [-0.1, -0.05) is 18.2 Å². The maximum absolute atomic E-state index is 9.56. The molecule has 2 aromatic carbocycles. The van der Waals surface area contributed by atoms with Gasteiger partial charge in [0.2, 0.25) is 0 Å². The van der Waals surface area contributed by atoms with E-state index < -0.39 is 0 Å². The summed E-state index contributed by atoms with van der Waals surface area (Å²) < 4.78 is 22.2. The fraction of sp³-hybridized carbons (Fsp3) is 0.259. The molecule has 4 aromatic rings. The number of aromatic nitrogens is 3. The molecule has 5 rings (SSSR count). The van der Waals surface area contributed by atoms with Crippen LogP contribution in [0.25, 0.3) is 11.0 Å². The largest absolute Gasteiger partial charge is 0.497 e. The minimum atomic E-state index is 0.332. The second kappa shape index (κ2) is 11.0. The third-order valence-electron chi connectivity index (χ3n) is 5.94. The molecule has 1 aliphatic rings. The number of fused-ring (bicyclic) bond motifs is 1. The number of para-hydroxylation sites is 1. The molecule has 3 heterocycles. The summed E-state index contributed by atoms with van der Waals surface area (Å²) in [5.74, 6) is 2.84. The van der Waals surface area contributed by atoms with Crippen LogP contribution in [0.2, 0.25) is 0 Å². The Morgan fingerprint density at radius 2 is 1.86 bits per heavy atom. The standard InChI is InChI=1S/C27H26N6O4/c1-34-21-8-6-18(7-9-21)17-37-27-23(35-2)14-20(16-29-27)30-25-26(33-10-12-36-13-11-33)32-24-19(15-28)4-3-5-22(24)31-25/h3-9,14,16H,10-13,17H2,1-2H3,(H,30,31). The molecule has 37 heavy (non-hydrogen) atoms. The summed E-state index contributed by atoms with van der Waals surface area (Å²) >= 11 is 0. The molecule has 1 fully saturated rings. The Bertz CT molecular complexity index is 1430. The average Bonchev–Trinajstić information content (AvgIpc) is 2.96. The minimum absolute atomic E-state index is 0.332. The number of methoxy groups -OCH3 is 2. The number of hydrogen-bond acceptors (Lipinski definition) is 10. The summed E-state index contributed by atoms with van der Waals surface area (Å²) in [5, 5.41) is 12.9. The fourth-order valence-electron chi connectivity index (χ4n) is 4.00. The molecule has 0 aliphatic carbocycles. The SMILES string of the molecule is COc1ccc(COc2ncc(Nc3nc4cccc(C#N)c4nc3N3CCOCC3)cc2OC)cc1. The topological polar surface area (TPSA) is 115 Å². The van der Waals surface area contributed by atoms with Crippen LogP contribution in [0, 0.1) is 11.3 Å². The number of nitriles is 1. The maximum Gasteiger partial charge on any atom is 0.257 e. The third-order valence-corrected chi connectivity index (χ3v) is 5.94. The van der Waals surface area contributed by atoms with E-state index in [0.29, 0.717) is 78.5 Å². The van der Waals surface area contributed by atoms with Crippen LogP contribution in [0.1, 0.15) is 11.1 Å². The Morgan fingerprint density at radius 1 is 1.05 bits per heavy atom. The lowest BCUT2D eigenvalue weighted by molar-refractivity contribution is 0.122. The molecule has 0 bridgehead atoms. The average molecular weight is 499 g/mol. The van der Waals surface area contributed by atoms with Gasteiger partial charge >= 0.3 is 0 Å². The van der Waals surface area contributed by atoms with Crippen LogP contribution >= 0.6 is 0 Å². The van der Waals surface area contributed by atoms with Gasteiger partial charge in [0.25, 0.3) is 5.88 Å². The highest BCUT2D eigenvalue weighted by atomic mass is 16.5. The predicted molar refractivity (Wildman–Crippen MR) is 139 cm³/mol. The highest BCUT2D eigenvalue weighted by Gasteiger charge is 2.20. The monoisotopic (exact) mass is 498 g/mol. The zero-order valence-electron chi connectivity index (χ0n) is 20.6. The number of morpholine rings is 1. The minimum Gasteiger partial charge on any atom is -0.497 e. The molecule has 0 atom stereocenters. The van der Waals surface area contributed by atoms with Crippen molar-refractivity contribution in [2.24, 2.45) is 0 Å². The molecule has 1 N–H and O–H groups in total. The van der Waals surface area contributed by atoms with Crippen molar-refractivity contribution < 1.29 is 18.9 Å². The normalized spacial score (nSPS) is 13.2. The second-order valence-corrected chi connectivity index (χ2v) is 8.27. The van der Waals surface area contributed by atoms with Gasteiger partial charge in [0, 0.05) is 19.2 Å². The molecule has 10 heteroatoms. The van der Waals surface area contributed by atoms with Crippen LogP contribution in [0.5, 0.6) is 17.4 Å². The van der Waals surface area contributed by atoms with Crippen molar-refractivity contribution in [3.05, 3.63) is 65.9 Å². The van der Waals surface area contributed by atoms with Gasteiger partial charge in [-0.05, 0) is 29.8 Å². The van der Waals surface area contributed by atoms with Gasteiger partial charge in [0.15, 0.2) is 17.4 Å². The first kappa shape index (κ1) is 24.1. The smallest absolute Gasteiger partial charge is 0.257 e.